The summed E-state index contributed by atoms with van der Waals surface area (Å²) in [4.78, 5) is 10.2. The lowest BCUT2D eigenvalue weighted by Crippen LogP contribution is -2.01. The summed E-state index contributed by atoms with van der Waals surface area (Å²) in [6.07, 6.45) is -0.970. The molecule has 0 amide bonds. The number of nitro groups is 1. The van der Waals surface area contributed by atoms with Gasteiger partial charge in [-0.15, -0.1) is 0 Å². The average Bonchev–Trinajstić information content (AvgIpc) is 2.62. The van der Waals surface area contributed by atoms with E-state index in [1.807, 2.05) is 0 Å². The number of nitrogens with zero attached hydrogens (tertiary/aromatic N) is 1. The van der Waals surface area contributed by atoms with Crippen LogP contribution < -0.4 is 9.47 Å². The van der Waals surface area contributed by atoms with E-state index in [-0.39, 0.29) is 23.8 Å². The van der Waals surface area contributed by atoms with E-state index < -0.39 is 11.0 Å². The Morgan fingerprint density at radius 2 is 2.27 bits per heavy atom. The zero-order chi connectivity index (χ0) is 11.0. The fourth-order valence-electron chi connectivity index (χ4n) is 1.55. The lowest BCUT2D eigenvalue weighted by atomic mass is 10.1. The smallest absolute Gasteiger partial charge is 0.279 e. The van der Waals surface area contributed by atoms with Crippen molar-refractivity contribution in [3.63, 3.8) is 0 Å². The van der Waals surface area contributed by atoms with Gasteiger partial charge in [-0.3, -0.25) is 10.1 Å². The second-order valence-electron chi connectivity index (χ2n) is 3.17. The van der Waals surface area contributed by atoms with Crippen LogP contribution in [-0.4, -0.2) is 16.8 Å². The Hall–Kier alpha value is -1.82. The standard InChI is InChI=1S/C9H9NO5/c1-5(11)8-6(10(12)13)2-3-7-9(8)15-4-14-7/h2-3,5,11H,4H2,1H3. The molecule has 0 fully saturated rings. The molecule has 1 aromatic rings. The van der Waals surface area contributed by atoms with Crippen molar-refractivity contribution in [1.29, 1.82) is 0 Å². The summed E-state index contributed by atoms with van der Waals surface area (Å²) in [5, 5.41) is 20.2. The second kappa shape index (κ2) is 3.39. The number of aliphatic hydroxyl groups is 1. The lowest BCUT2D eigenvalue weighted by Gasteiger charge is -2.08. The molecule has 0 aromatic heterocycles. The number of hydrogen-bond donors (Lipinski definition) is 1. The normalized spacial score (nSPS) is 15.1. The molecule has 6 heteroatoms. The summed E-state index contributed by atoms with van der Waals surface area (Å²) in [5.41, 5.74) is 0.00394. The van der Waals surface area contributed by atoms with Crippen LogP contribution in [0.4, 0.5) is 5.69 Å². The van der Waals surface area contributed by atoms with Crippen molar-refractivity contribution < 1.29 is 19.5 Å². The van der Waals surface area contributed by atoms with Gasteiger partial charge in [-0.1, -0.05) is 0 Å². The minimum Gasteiger partial charge on any atom is -0.454 e. The molecule has 1 aromatic carbocycles. The van der Waals surface area contributed by atoms with Crippen molar-refractivity contribution in [3.8, 4) is 11.5 Å². The first-order valence-corrected chi connectivity index (χ1v) is 4.36. The van der Waals surface area contributed by atoms with Crippen molar-refractivity contribution in [3.05, 3.63) is 27.8 Å². The van der Waals surface area contributed by atoms with Crippen molar-refractivity contribution in [1.82, 2.24) is 0 Å². The Balaban J connectivity index is 2.63. The maximum absolute atomic E-state index is 10.7. The SMILES string of the molecule is CC(O)c1c([N+](=O)[O-])ccc2c1OCO2. The number of rotatable bonds is 2. The number of benzene rings is 1. The summed E-state index contributed by atoms with van der Waals surface area (Å²) in [6.45, 7) is 1.47. The van der Waals surface area contributed by atoms with Crippen molar-refractivity contribution in [2.75, 3.05) is 6.79 Å². The third-order valence-electron chi connectivity index (χ3n) is 2.17. The molecular weight excluding hydrogens is 202 g/mol. The summed E-state index contributed by atoms with van der Waals surface area (Å²) < 4.78 is 10.2. The van der Waals surface area contributed by atoms with Gasteiger partial charge in [0.05, 0.1) is 11.0 Å². The molecule has 1 atom stereocenters. The zero-order valence-electron chi connectivity index (χ0n) is 7.97. The van der Waals surface area contributed by atoms with Gasteiger partial charge in [0.25, 0.3) is 5.69 Å². The van der Waals surface area contributed by atoms with Gasteiger partial charge in [0.1, 0.15) is 5.56 Å². The predicted octanol–water partition coefficient (Wildman–Crippen LogP) is 1.38. The maximum Gasteiger partial charge on any atom is 0.279 e. The summed E-state index contributed by atoms with van der Waals surface area (Å²) >= 11 is 0. The molecule has 1 heterocycles. The van der Waals surface area contributed by atoms with Crippen LogP contribution in [0.2, 0.25) is 0 Å². The van der Waals surface area contributed by atoms with E-state index in [1.54, 1.807) is 0 Å². The van der Waals surface area contributed by atoms with E-state index in [2.05, 4.69) is 0 Å². The zero-order valence-corrected chi connectivity index (χ0v) is 7.97. The van der Waals surface area contributed by atoms with E-state index >= 15 is 0 Å². The molecule has 0 saturated carbocycles. The first kappa shape index (κ1) is 9.72. The lowest BCUT2D eigenvalue weighted by molar-refractivity contribution is -0.386. The van der Waals surface area contributed by atoms with E-state index in [0.717, 1.165) is 0 Å². The first-order valence-electron chi connectivity index (χ1n) is 4.36. The molecule has 1 N–H and O–H groups in total. The topological polar surface area (TPSA) is 81.8 Å². The molecular formula is C9H9NO5. The van der Waals surface area contributed by atoms with Gasteiger partial charge >= 0.3 is 0 Å². The van der Waals surface area contributed by atoms with Gasteiger partial charge in [-0.2, -0.15) is 0 Å². The van der Waals surface area contributed by atoms with Gasteiger partial charge in [-0.25, -0.2) is 0 Å². The molecule has 2 rings (SSSR count). The molecule has 1 aliphatic heterocycles. The summed E-state index contributed by atoms with van der Waals surface area (Å²) in [7, 11) is 0. The molecule has 0 aliphatic carbocycles. The number of hydrogen-bond acceptors (Lipinski definition) is 5. The molecule has 15 heavy (non-hydrogen) atoms. The molecule has 0 saturated heterocycles. The quantitative estimate of drug-likeness (QED) is 0.590. The Morgan fingerprint density at radius 1 is 1.53 bits per heavy atom. The first-order chi connectivity index (χ1) is 7.11. The fraction of sp³-hybridized carbons (Fsp3) is 0.333. The Morgan fingerprint density at radius 3 is 2.87 bits per heavy atom. The molecule has 1 aliphatic rings. The number of ether oxygens (including phenoxy) is 2. The molecule has 1 unspecified atom stereocenters. The summed E-state index contributed by atoms with van der Waals surface area (Å²) in [6, 6.07) is 2.77. The Bertz CT molecular complexity index is 415. The van der Waals surface area contributed by atoms with Crippen LogP contribution in [0.15, 0.2) is 12.1 Å². The van der Waals surface area contributed by atoms with Crippen LogP contribution in [0.5, 0.6) is 11.5 Å². The third kappa shape index (κ3) is 1.48. The minimum absolute atomic E-state index is 0.0240. The van der Waals surface area contributed by atoms with Crippen LogP contribution in [0.1, 0.15) is 18.6 Å². The predicted molar refractivity (Wildman–Crippen MR) is 49.9 cm³/mol. The Kier molecular flexibility index (Phi) is 2.20. The van der Waals surface area contributed by atoms with Gasteiger partial charge < -0.3 is 14.6 Å². The van der Waals surface area contributed by atoms with E-state index in [4.69, 9.17) is 9.47 Å². The van der Waals surface area contributed by atoms with Crippen molar-refractivity contribution >= 4 is 5.69 Å². The highest BCUT2D eigenvalue weighted by molar-refractivity contribution is 5.59. The number of fused-ring (bicyclic) bond motifs is 1. The van der Waals surface area contributed by atoms with E-state index in [9.17, 15) is 15.2 Å². The van der Waals surface area contributed by atoms with Crippen LogP contribution in [-0.2, 0) is 0 Å². The molecule has 0 bridgehead atoms. The van der Waals surface area contributed by atoms with Gasteiger partial charge in [0, 0.05) is 6.07 Å². The van der Waals surface area contributed by atoms with Gasteiger partial charge in [0.15, 0.2) is 11.5 Å². The Labute approximate surface area is 85.2 Å². The highest BCUT2D eigenvalue weighted by Gasteiger charge is 2.28. The van der Waals surface area contributed by atoms with E-state index in [1.165, 1.54) is 19.1 Å². The van der Waals surface area contributed by atoms with Gasteiger partial charge in [-0.05, 0) is 13.0 Å². The van der Waals surface area contributed by atoms with Crippen LogP contribution >= 0.6 is 0 Å². The number of aliphatic hydroxyl groups excluding tert-OH is 1. The van der Waals surface area contributed by atoms with Crippen LogP contribution in [0.25, 0.3) is 0 Å². The number of nitro benzene ring substituents is 1. The fourth-order valence-corrected chi connectivity index (χ4v) is 1.55. The maximum atomic E-state index is 10.7. The van der Waals surface area contributed by atoms with Gasteiger partial charge in [0.2, 0.25) is 6.79 Å². The van der Waals surface area contributed by atoms with Crippen molar-refractivity contribution in [2.45, 2.75) is 13.0 Å². The van der Waals surface area contributed by atoms with E-state index in [0.29, 0.717) is 5.75 Å². The molecule has 80 valence electrons. The van der Waals surface area contributed by atoms with Crippen molar-refractivity contribution in [2.24, 2.45) is 0 Å². The highest BCUT2D eigenvalue weighted by Crippen LogP contribution is 2.43. The van der Waals surface area contributed by atoms with Crippen LogP contribution in [0, 0.1) is 10.1 Å². The summed E-state index contributed by atoms with van der Waals surface area (Å²) in [5.74, 6) is 0.690. The van der Waals surface area contributed by atoms with Crippen LogP contribution in [0.3, 0.4) is 0 Å². The average molecular weight is 211 g/mol. The second-order valence-corrected chi connectivity index (χ2v) is 3.17. The molecule has 0 radical (unpaired) electrons. The largest absolute Gasteiger partial charge is 0.454 e. The third-order valence-corrected chi connectivity index (χ3v) is 2.17. The highest BCUT2D eigenvalue weighted by atomic mass is 16.7. The monoisotopic (exact) mass is 211 g/mol. The minimum atomic E-state index is -0.970. The molecule has 6 nitrogen and oxygen atoms in total. The molecule has 0 spiro atoms.